The number of carbonyl (C=O) groups excluding carboxylic acids is 1. The standard InChI is InChI=1S/C15H17N3O6S2/c1-9-15(10(2)24-16-9)11-3-4-14(25-11)26(22,23)18-6-5-17(8-13(20)21)12(19)7-18/h3-4H,5-8H2,1-2H3,(H,20,21). The lowest BCUT2D eigenvalue weighted by Crippen LogP contribution is -2.53. The van der Waals surface area contributed by atoms with E-state index in [1.54, 1.807) is 19.9 Å². The van der Waals surface area contributed by atoms with E-state index < -0.39 is 28.4 Å². The number of carbonyl (C=O) groups is 2. The molecule has 1 amide bonds. The quantitative estimate of drug-likeness (QED) is 0.794. The normalized spacial score (nSPS) is 16.2. The van der Waals surface area contributed by atoms with Crippen molar-refractivity contribution in [3.63, 3.8) is 0 Å². The third-order valence-corrected chi connectivity index (χ3v) is 7.48. The van der Waals surface area contributed by atoms with Gasteiger partial charge in [0, 0.05) is 18.0 Å². The maximum atomic E-state index is 12.8. The molecule has 0 aliphatic carbocycles. The first-order chi connectivity index (χ1) is 12.2. The van der Waals surface area contributed by atoms with Crippen LogP contribution in [0.5, 0.6) is 0 Å². The maximum absolute atomic E-state index is 12.8. The molecule has 1 fully saturated rings. The zero-order valence-electron chi connectivity index (χ0n) is 14.1. The highest BCUT2D eigenvalue weighted by Crippen LogP contribution is 2.35. The molecule has 2 aromatic heterocycles. The summed E-state index contributed by atoms with van der Waals surface area (Å²) in [5.74, 6) is -1.05. The van der Waals surface area contributed by atoms with Crippen molar-refractivity contribution in [3.8, 4) is 10.4 Å². The SMILES string of the molecule is Cc1noc(C)c1-c1ccc(S(=O)(=O)N2CCN(CC(=O)O)C(=O)C2)s1. The van der Waals surface area contributed by atoms with E-state index in [1.165, 1.54) is 6.07 Å². The predicted octanol–water partition coefficient (Wildman–Crippen LogP) is 0.937. The van der Waals surface area contributed by atoms with Crippen molar-refractivity contribution in [2.24, 2.45) is 0 Å². The molecule has 0 atom stereocenters. The van der Waals surface area contributed by atoms with Gasteiger partial charge in [0.2, 0.25) is 5.91 Å². The van der Waals surface area contributed by atoms with E-state index in [2.05, 4.69) is 5.16 Å². The van der Waals surface area contributed by atoms with Crippen LogP contribution in [0.1, 0.15) is 11.5 Å². The Hall–Kier alpha value is -2.24. The van der Waals surface area contributed by atoms with Gasteiger partial charge in [-0.05, 0) is 26.0 Å². The summed E-state index contributed by atoms with van der Waals surface area (Å²) in [6.45, 7) is 2.84. The molecule has 0 aromatic carbocycles. The molecule has 26 heavy (non-hydrogen) atoms. The van der Waals surface area contributed by atoms with Gasteiger partial charge in [0.05, 0.1) is 17.8 Å². The molecule has 2 aromatic rings. The minimum atomic E-state index is -3.84. The third-order valence-electron chi connectivity index (χ3n) is 4.07. The first-order valence-corrected chi connectivity index (χ1v) is 9.98. The van der Waals surface area contributed by atoms with Gasteiger partial charge < -0.3 is 14.5 Å². The zero-order valence-corrected chi connectivity index (χ0v) is 15.8. The molecule has 0 radical (unpaired) electrons. The molecule has 1 N–H and O–H groups in total. The number of sulfonamides is 1. The fourth-order valence-electron chi connectivity index (χ4n) is 2.78. The number of carboxylic acids is 1. The zero-order chi connectivity index (χ0) is 19.1. The smallest absolute Gasteiger partial charge is 0.323 e. The summed E-state index contributed by atoms with van der Waals surface area (Å²) in [4.78, 5) is 24.6. The number of aliphatic carboxylic acids is 1. The summed E-state index contributed by atoms with van der Waals surface area (Å²) in [5.41, 5.74) is 1.43. The molecule has 0 bridgehead atoms. The number of hydrogen-bond acceptors (Lipinski definition) is 7. The van der Waals surface area contributed by atoms with Gasteiger partial charge in [0.25, 0.3) is 10.0 Å². The highest BCUT2D eigenvalue weighted by molar-refractivity contribution is 7.91. The van der Waals surface area contributed by atoms with Gasteiger partial charge in [-0.25, -0.2) is 8.42 Å². The van der Waals surface area contributed by atoms with Crippen LogP contribution < -0.4 is 0 Å². The van der Waals surface area contributed by atoms with Crippen molar-refractivity contribution < 1.29 is 27.6 Å². The number of rotatable bonds is 5. The summed E-state index contributed by atoms with van der Waals surface area (Å²) >= 11 is 1.08. The summed E-state index contributed by atoms with van der Waals surface area (Å²) in [6, 6.07) is 3.18. The summed E-state index contributed by atoms with van der Waals surface area (Å²) in [5, 5.41) is 12.7. The van der Waals surface area contributed by atoms with Crippen LogP contribution >= 0.6 is 11.3 Å². The van der Waals surface area contributed by atoms with Gasteiger partial charge in [0.1, 0.15) is 16.5 Å². The molecule has 140 valence electrons. The Balaban J connectivity index is 1.82. The van der Waals surface area contributed by atoms with Crippen LogP contribution in [0.3, 0.4) is 0 Å². The first kappa shape index (κ1) is 18.5. The average Bonchev–Trinajstić information content (AvgIpc) is 3.16. The maximum Gasteiger partial charge on any atom is 0.323 e. The fraction of sp³-hybridized carbons (Fsp3) is 0.400. The minimum absolute atomic E-state index is 0.0481. The van der Waals surface area contributed by atoms with Crippen LogP contribution in [0.4, 0.5) is 0 Å². The number of carboxylic acid groups (broad SMARTS) is 1. The van der Waals surface area contributed by atoms with Crippen LogP contribution in [0.15, 0.2) is 20.9 Å². The van der Waals surface area contributed by atoms with Crippen molar-refractivity contribution in [1.82, 2.24) is 14.4 Å². The molecule has 0 spiro atoms. The lowest BCUT2D eigenvalue weighted by molar-refractivity contribution is -0.146. The monoisotopic (exact) mass is 399 g/mol. The second-order valence-corrected chi connectivity index (χ2v) is 9.11. The number of nitrogens with zero attached hydrogens (tertiary/aromatic N) is 3. The van der Waals surface area contributed by atoms with Crippen molar-refractivity contribution in [1.29, 1.82) is 0 Å². The topological polar surface area (TPSA) is 121 Å². The van der Waals surface area contributed by atoms with Crippen LogP contribution in [0.2, 0.25) is 0 Å². The van der Waals surface area contributed by atoms with E-state index in [0.717, 1.165) is 31.0 Å². The van der Waals surface area contributed by atoms with E-state index in [-0.39, 0.29) is 23.8 Å². The molecule has 1 aliphatic rings. The fourth-order valence-corrected chi connectivity index (χ4v) is 5.76. The summed E-state index contributed by atoms with van der Waals surface area (Å²) in [6.07, 6.45) is 0. The van der Waals surface area contributed by atoms with E-state index in [4.69, 9.17) is 9.63 Å². The van der Waals surface area contributed by atoms with Crippen molar-refractivity contribution >= 4 is 33.2 Å². The summed E-state index contributed by atoms with van der Waals surface area (Å²) < 4.78 is 32.0. The van der Waals surface area contributed by atoms with Gasteiger partial charge in [-0.3, -0.25) is 9.59 Å². The Labute approximate surface area is 153 Å². The molecule has 11 heteroatoms. The highest BCUT2D eigenvalue weighted by atomic mass is 32.2. The second-order valence-electron chi connectivity index (χ2n) is 5.87. The van der Waals surface area contributed by atoms with Crippen molar-refractivity contribution in [3.05, 3.63) is 23.6 Å². The van der Waals surface area contributed by atoms with Gasteiger partial charge in [-0.15, -0.1) is 11.3 Å². The lowest BCUT2D eigenvalue weighted by atomic mass is 10.2. The van der Waals surface area contributed by atoms with Crippen molar-refractivity contribution in [2.75, 3.05) is 26.2 Å². The lowest BCUT2D eigenvalue weighted by Gasteiger charge is -2.32. The van der Waals surface area contributed by atoms with Gasteiger partial charge in [0.15, 0.2) is 0 Å². The molecular weight excluding hydrogens is 382 g/mol. The third kappa shape index (κ3) is 3.37. The van der Waals surface area contributed by atoms with Crippen LogP contribution in [-0.2, 0) is 19.6 Å². The second kappa shape index (κ2) is 6.82. The van der Waals surface area contributed by atoms with Crippen LogP contribution in [0.25, 0.3) is 10.4 Å². The molecular formula is C15H17N3O6S2. The molecule has 0 unspecified atom stereocenters. The Kier molecular flexibility index (Phi) is 4.86. The van der Waals surface area contributed by atoms with Gasteiger partial charge in [-0.1, -0.05) is 5.16 Å². The average molecular weight is 399 g/mol. The largest absolute Gasteiger partial charge is 0.480 e. The Morgan fingerprint density at radius 3 is 2.65 bits per heavy atom. The Morgan fingerprint density at radius 1 is 1.35 bits per heavy atom. The van der Waals surface area contributed by atoms with Crippen molar-refractivity contribution in [2.45, 2.75) is 18.1 Å². The molecule has 3 rings (SSSR count). The molecule has 0 saturated carbocycles. The van der Waals surface area contributed by atoms with E-state index in [9.17, 15) is 18.0 Å². The Morgan fingerprint density at radius 2 is 2.08 bits per heavy atom. The van der Waals surface area contributed by atoms with Crippen LogP contribution in [-0.4, -0.2) is 65.9 Å². The van der Waals surface area contributed by atoms with E-state index in [1.807, 2.05) is 0 Å². The molecule has 1 aliphatic heterocycles. The van der Waals surface area contributed by atoms with E-state index in [0.29, 0.717) is 11.5 Å². The van der Waals surface area contributed by atoms with Gasteiger partial charge >= 0.3 is 5.97 Å². The number of amides is 1. The molecule has 9 nitrogen and oxygen atoms in total. The Bertz CT molecular complexity index is 942. The number of hydrogen-bond donors (Lipinski definition) is 1. The molecule has 3 heterocycles. The summed E-state index contributed by atoms with van der Waals surface area (Å²) in [7, 11) is -3.84. The van der Waals surface area contributed by atoms with Gasteiger partial charge in [-0.2, -0.15) is 4.31 Å². The number of thiophene rings is 1. The van der Waals surface area contributed by atoms with Crippen LogP contribution in [0, 0.1) is 13.8 Å². The first-order valence-electron chi connectivity index (χ1n) is 7.73. The molecule has 1 saturated heterocycles. The predicted molar refractivity (Wildman–Crippen MR) is 92.3 cm³/mol. The number of piperazine rings is 1. The number of aryl methyl sites for hydroxylation is 2. The van der Waals surface area contributed by atoms with E-state index >= 15 is 0 Å². The highest BCUT2D eigenvalue weighted by Gasteiger charge is 2.34. The number of aromatic nitrogens is 1. The minimum Gasteiger partial charge on any atom is -0.480 e.